The van der Waals surface area contributed by atoms with Gasteiger partial charge in [0.2, 0.25) is 0 Å². The first-order valence-electron chi connectivity index (χ1n) is 9.58. The third-order valence-electron chi connectivity index (χ3n) is 5.22. The monoisotopic (exact) mass is 372 g/mol. The molecule has 6 heteroatoms. The van der Waals surface area contributed by atoms with Crippen LogP contribution in [0, 0.1) is 6.92 Å². The summed E-state index contributed by atoms with van der Waals surface area (Å²) in [6.07, 6.45) is 1.81. The van der Waals surface area contributed by atoms with Crippen molar-refractivity contribution in [1.29, 1.82) is 0 Å². The molecule has 1 aliphatic heterocycles. The van der Waals surface area contributed by atoms with E-state index in [1.165, 1.54) is 6.07 Å². The maximum atomic E-state index is 12.7. The minimum atomic E-state index is -0.654. The van der Waals surface area contributed by atoms with Crippen LogP contribution in [0.25, 0.3) is 11.0 Å². The van der Waals surface area contributed by atoms with Gasteiger partial charge in [-0.25, -0.2) is 4.79 Å². The molecular formula is C21H28N2O4. The summed E-state index contributed by atoms with van der Waals surface area (Å²) in [4.78, 5) is 24.5. The molecule has 6 nitrogen and oxygen atoms in total. The summed E-state index contributed by atoms with van der Waals surface area (Å²) >= 11 is 0. The van der Waals surface area contributed by atoms with Crippen molar-refractivity contribution in [1.82, 2.24) is 10.6 Å². The number of nitrogens with one attached hydrogen (secondary N) is 2. The van der Waals surface area contributed by atoms with E-state index in [9.17, 15) is 9.59 Å². The molecule has 0 aliphatic carbocycles. The molecule has 146 valence electrons. The summed E-state index contributed by atoms with van der Waals surface area (Å²) < 4.78 is 11.4. The molecule has 0 saturated carbocycles. The van der Waals surface area contributed by atoms with Gasteiger partial charge in [-0.2, -0.15) is 0 Å². The first-order chi connectivity index (χ1) is 12.8. The van der Waals surface area contributed by atoms with Gasteiger partial charge in [0.05, 0.1) is 5.39 Å². The average molecular weight is 372 g/mol. The fourth-order valence-corrected chi connectivity index (χ4v) is 3.59. The van der Waals surface area contributed by atoms with Crippen LogP contribution in [-0.4, -0.2) is 30.6 Å². The summed E-state index contributed by atoms with van der Waals surface area (Å²) in [6, 6.07) is 5.20. The third-order valence-corrected chi connectivity index (χ3v) is 5.22. The van der Waals surface area contributed by atoms with Crippen LogP contribution in [0.2, 0.25) is 0 Å². The molecule has 2 heterocycles. The van der Waals surface area contributed by atoms with Gasteiger partial charge in [0.15, 0.2) is 6.10 Å². The summed E-state index contributed by atoms with van der Waals surface area (Å²) in [5.74, 6) is 0.438. The topological polar surface area (TPSA) is 80.6 Å². The smallest absolute Gasteiger partial charge is 0.336 e. The number of carbonyl (C=O) groups is 1. The molecule has 1 aromatic heterocycles. The average Bonchev–Trinajstić information content (AvgIpc) is 2.60. The number of piperidine rings is 1. The fourth-order valence-electron chi connectivity index (χ4n) is 3.59. The van der Waals surface area contributed by atoms with Crippen LogP contribution in [0.1, 0.15) is 44.7 Å². The maximum absolute atomic E-state index is 12.7. The number of amides is 1. The van der Waals surface area contributed by atoms with Crippen LogP contribution in [0.5, 0.6) is 5.75 Å². The highest BCUT2D eigenvalue weighted by atomic mass is 16.5. The molecule has 1 unspecified atom stereocenters. The zero-order valence-corrected chi connectivity index (χ0v) is 16.5. The number of rotatable bonds is 5. The van der Waals surface area contributed by atoms with E-state index < -0.39 is 6.10 Å². The summed E-state index contributed by atoms with van der Waals surface area (Å²) in [5.41, 5.74) is 1.67. The Morgan fingerprint density at radius 3 is 2.70 bits per heavy atom. The first-order valence-corrected chi connectivity index (χ1v) is 9.58. The number of hydrogen-bond acceptors (Lipinski definition) is 5. The van der Waals surface area contributed by atoms with Crippen molar-refractivity contribution in [3.05, 3.63) is 39.7 Å². The summed E-state index contributed by atoms with van der Waals surface area (Å²) in [6.45, 7) is 9.50. The number of hydrogen-bond donors (Lipinski definition) is 2. The van der Waals surface area contributed by atoms with Crippen LogP contribution in [-0.2, 0) is 11.2 Å². The molecule has 1 amide bonds. The standard InChI is InChI=1S/C21H28N2O4/c1-5-15-12-18(24)27-17-11-13(2)10-16(19(15)17)26-14(3)20(25)23-21(4)6-8-22-9-7-21/h10-12,14,22H,5-9H2,1-4H3,(H,23,25). The SMILES string of the molecule is CCc1cc(=O)oc2cc(C)cc(OC(C)C(=O)NC3(C)CCNCC3)c12. The number of carbonyl (C=O) groups excluding carboxylic acids is 1. The van der Waals surface area contributed by atoms with Gasteiger partial charge in [-0.15, -0.1) is 0 Å². The van der Waals surface area contributed by atoms with Gasteiger partial charge >= 0.3 is 5.63 Å². The molecule has 1 aliphatic rings. The summed E-state index contributed by atoms with van der Waals surface area (Å²) in [7, 11) is 0. The Bertz CT molecular complexity index is 897. The molecular weight excluding hydrogens is 344 g/mol. The van der Waals surface area contributed by atoms with Crippen molar-refractivity contribution in [2.24, 2.45) is 0 Å². The second-order valence-electron chi connectivity index (χ2n) is 7.64. The molecule has 27 heavy (non-hydrogen) atoms. The zero-order valence-electron chi connectivity index (χ0n) is 16.5. The number of aryl methyl sites for hydroxylation is 2. The van der Waals surface area contributed by atoms with E-state index in [1.54, 1.807) is 6.92 Å². The van der Waals surface area contributed by atoms with E-state index in [0.29, 0.717) is 17.8 Å². The van der Waals surface area contributed by atoms with Crippen molar-refractivity contribution in [3.8, 4) is 5.75 Å². The van der Waals surface area contributed by atoms with Gasteiger partial charge in [0.25, 0.3) is 5.91 Å². The highest BCUT2D eigenvalue weighted by Crippen LogP contribution is 2.31. The number of fused-ring (bicyclic) bond motifs is 1. The van der Waals surface area contributed by atoms with Crippen LogP contribution < -0.4 is 21.0 Å². The Morgan fingerprint density at radius 1 is 1.33 bits per heavy atom. The normalized spacial score (nSPS) is 17.5. The minimum absolute atomic E-state index is 0.135. The number of ether oxygens (including phenoxy) is 1. The van der Waals surface area contributed by atoms with E-state index in [2.05, 4.69) is 17.6 Å². The lowest BCUT2D eigenvalue weighted by atomic mass is 9.90. The van der Waals surface area contributed by atoms with Gasteiger partial charge in [-0.05, 0) is 76.4 Å². The van der Waals surface area contributed by atoms with Gasteiger partial charge in [0, 0.05) is 11.6 Å². The van der Waals surface area contributed by atoms with E-state index >= 15 is 0 Å². The molecule has 2 N–H and O–H groups in total. The Morgan fingerprint density at radius 2 is 2.04 bits per heavy atom. The van der Waals surface area contributed by atoms with E-state index in [1.807, 2.05) is 26.0 Å². The lowest BCUT2D eigenvalue weighted by Crippen LogP contribution is -2.55. The van der Waals surface area contributed by atoms with E-state index in [4.69, 9.17) is 9.15 Å². The quantitative estimate of drug-likeness (QED) is 0.789. The Kier molecular flexibility index (Phi) is 5.56. The van der Waals surface area contributed by atoms with Crippen LogP contribution >= 0.6 is 0 Å². The van der Waals surface area contributed by atoms with Crippen molar-refractivity contribution in [2.75, 3.05) is 13.1 Å². The predicted octanol–water partition coefficient (Wildman–Crippen LogP) is 2.69. The molecule has 0 spiro atoms. The molecule has 2 aromatic rings. The highest BCUT2D eigenvalue weighted by molar-refractivity contribution is 5.88. The molecule has 1 atom stereocenters. The number of benzene rings is 1. The van der Waals surface area contributed by atoms with E-state index in [0.717, 1.165) is 42.4 Å². The fraction of sp³-hybridized carbons (Fsp3) is 0.524. The Balaban J connectivity index is 1.87. The van der Waals surface area contributed by atoms with Crippen LogP contribution in [0.4, 0.5) is 0 Å². The second kappa shape index (κ2) is 7.72. The molecule has 1 fully saturated rings. The minimum Gasteiger partial charge on any atom is -0.480 e. The van der Waals surface area contributed by atoms with Crippen LogP contribution in [0.3, 0.4) is 0 Å². The highest BCUT2D eigenvalue weighted by Gasteiger charge is 2.30. The van der Waals surface area contributed by atoms with E-state index in [-0.39, 0.29) is 17.1 Å². The van der Waals surface area contributed by atoms with Gasteiger partial charge in [0.1, 0.15) is 11.3 Å². The third kappa shape index (κ3) is 4.33. The largest absolute Gasteiger partial charge is 0.480 e. The zero-order chi connectivity index (χ0) is 19.6. The van der Waals surface area contributed by atoms with Gasteiger partial charge in [-0.3, -0.25) is 4.79 Å². The van der Waals surface area contributed by atoms with Crippen molar-refractivity contribution < 1.29 is 13.9 Å². The van der Waals surface area contributed by atoms with Crippen molar-refractivity contribution in [3.63, 3.8) is 0 Å². The van der Waals surface area contributed by atoms with Gasteiger partial charge < -0.3 is 19.8 Å². The Hall–Kier alpha value is -2.34. The second-order valence-corrected chi connectivity index (χ2v) is 7.64. The molecule has 1 saturated heterocycles. The van der Waals surface area contributed by atoms with Crippen molar-refractivity contribution >= 4 is 16.9 Å². The summed E-state index contributed by atoms with van der Waals surface area (Å²) in [5, 5.41) is 7.21. The lowest BCUT2D eigenvalue weighted by Gasteiger charge is -2.35. The molecule has 0 radical (unpaired) electrons. The molecule has 3 rings (SSSR count). The molecule has 1 aromatic carbocycles. The predicted molar refractivity (Wildman–Crippen MR) is 105 cm³/mol. The van der Waals surface area contributed by atoms with Crippen LogP contribution in [0.15, 0.2) is 27.4 Å². The van der Waals surface area contributed by atoms with Crippen molar-refractivity contribution in [2.45, 2.75) is 58.6 Å². The Labute approximate surface area is 159 Å². The van der Waals surface area contributed by atoms with Gasteiger partial charge in [-0.1, -0.05) is 6.92 Å². The first kappa shape index (κ1) is 19.4. The maximum Gasteiger partial charge on any atom is 0.336 e. The molecule has 0 bridgehead atoms. The lowest BCUT2D eigenvalue weighted by molar-refractivity contribution is -0.129.